The van der Waals surface area contributed by atoms with Crippen LogP contribution < -0.4 is 0 Å². The molecule has 0 fully saturated rings. The van der Waals surface area contributed by atoms with Crippen LogP contribution in [0.15, 0.2) is 41.5 Å². The summed E-state index contributed by atoms with van der Waals surface area (Å²) in [7, 11) is 0. The highest BCUT2D eigenvalue weighted by Gasteiger charge is 2.13. The largest absolute Gasteiger partial charge is 0.261 e. The van der Waals surface area contributed by atoms with Crippen molar-refractivity contribution < 1.29 is 0 Å². The monoisotopic (exact) mass is 185 g/mol. The number of benzene rings is 1. The van der Waals surface area contributed by atoms with E-state index in [-0.39, 0.29) is 0 Å². The summed E-state index contributed by atoms with van der Waals surface area (Å²) < 4.78 is 0. The number of rotatable bonds is 1. The molecule has 0 unspecified atom stereocenters. The van der Waals surface area contributed by atoms with Crippen molar-refractivity contribution in [1.29, 1.82) is 0 Å². The Labute approximate surface area is 85.2 Å². The number of nitrogens with zero attached hydrogens (tertiary/aromatic N) is 1. The standard InChI is InChI=1S/C13H15N/c1-2-10-14-13-9-5-7-11-6-3-4-8-12(11)13/h2-4,6,8,10H,5,7,9H2,1H3. The fraction of sp³-hybridized carbons (Fsp3) is 0.308. The molecule has 0 bridgehead atoms. The molecule has 0 aromatic heterocycles. The highest BCUT2D eigenvalue weighted by Crippen LogP contribution is 2.21. The molecule has 0 heterocycles. The molecule has 1 heteroatoms. The lowest BCUT2D eigenvalue weighted by atomic mass is 9.90. The van der Waals surface area contributed by atoms with Gasteiger partial charge in [-0.2, -0.15) is 0 Å². The van der Waals surface area contributed by atoms with E-state index in [4.69, 9.17) is 0 Å². The third-order valence-corrected chi connectivity index (χ3v) is 2.57. The second-order valence-corrected chi connectivity index (χ2v) is 3.57. The quantitative estimate of drug-likeness (QED) is 0.636. The summed E-state index contributed by atoms with van der Waals surface area (Å²) in [4.78, 5) is 4.48. The van der Waals surface area contributed by atoms with Gasteiger partial charge in [-0.05, 0) is 37.3 Å². The zero-order chi connectivity index (χ0) is 9.80. The van der Waals surface area contributed by atoms with E-state index in [9.17, 15) is 0 Å². The van der Waals surface area contributed by atoms with E-state index < -0.39 is 0 Å². The van der Waals surface area contributed by atoms with E-state index >= 15 is 0 Å². The van der Waals surface area contributed by atoms with Gasteiger partial charge in [0.1, 0.15) is 0 Å². The van der Waals surface area contributed by atoms with Crippen LogP contribution in [0.2, 0.25) is 0 Å². The summed E-state index contributed by atoms with van der Waals surface area (Å²) in [6.45, 7) is 2.00. The first-order valence-electron chi connectivity index (χ1n) is 5.18. The maximum atomic E-state index is 4.48. The number of aryl methyl sites for hydroxylation is 1. The molecule has 14 heavy (non-hydrogen) atoms. The predicted octanol–water partition coefficient (Wildman–Crippen LogP) is 3.35. The van der Waals surface area contributed by atoms with E-state index in [0.717, 1.165) is 6.42 Å². The van der Waals surface area contributed by atoms with Crippen LogP contribution in [0, 0.1) is 0 Å². The van der Waals surface area contributed by atoms with Gasteiger partial charge in [0, 0.05) is 11.9 Å². The van der Waals surface area contributed by atoms with Gasteiger partial charge in [-0.1, -0.05) is 30.3 Å². The molecular weight excluding hydrogens is 170 g/mol. The maximum Gasteiger partial charge on any atom is 0.0478 e. The van der Waals surface area contributed by atoms with Crippen LogP contribution in [0.4, 0.5) is 0 Å². The zero-order valence-electron chi connectivity index (χ0n) is 8.53. The van der Waals surface area contributed by atoms with Crippen LogP contribution in [0.5, 0.6) is 0 Å². The molecule has 0 radical (unpaired) electrons. The van der Waals surface area contributed by atoms with E-state index in [1.807, 2.05) is 19.2 Å². The average Bonchev–Trinajstić information content (AvgIpc) is 2.26. The Morgan fingerprint density at radius 1 is 1.21 bits per heavy atom. The lowest BCUT2D eigenvalue weighted by Crippen LogP contribution is -2.11. The smallest absolute Gasteiger partial charge is 0.0478 e. The van der Waals surface area contributed by atoms with Crippen molar-refractivity contribution in [2.45, 2.75) is 26.2 Å². The van der Waals surface area contributed by atoms with Crippen molar-refractivity contribution in [3.05, 3.63) is 47.7 Å². The Bertz CT molecular complexity index is 375. The van der Waals surface area contributed by atoms with E-state index in [0.29, 0.717) is 0 Å². The summed E-state index contributed by atoms with van der Waals surface area (Å²) in [5.41, 5.74) is 4.03. The minimum Gasteiger partial charge on any atom is -0.261 e. The van der Waals surface area contributed by atoms with Crippen LogP contribution >= 0.6 is 0 Å². The fourth-order valence-corrected chi connectivity index (χ4v) is 1.90. The molecule has 72 valence electrons. The topological polar surface area (TPSA) is 12.4 Å². The number of aliphatic imine (C=N–C) groups is 1. The lowest BCUT2D eigenvalue weighted by Gasteiger charge is -2.16. The average molecular weight is 185 g/mol. The van der Waals surface area contributed by atoms with E-state index in [1.165, 1.54) is 29.7 Å². The summed E-state index contributed by atoms with van der Waals surface area (Å²) in [5, 5.41) is 0. The first-order chi connectivity index (χ1) is 6.92. The fourth-order valence-electron chi connectivity index (χ4n) is 1.90. The minimum atomic E-state index is 1.11. The van der Waals surface area contributed by atoms with Gasteiger partial charge in [-0.3, -0.25) is 4.99 Å². The second-order valence-electron chi connectivity index (χ2n) is 3.57. The highest BCUT2D eigenvalue weighted by atomic mass is 14.7. The minimum absolute atomic E-state index is 1.11. The van der Waals surface area contributed by atoms with Crippen molar-refractivity contribution in [2.24, 2.45) is 4.99 Å². The van der Waals surface area contributed by atoms with Crippen LogP contribution in [-0.4, -0.2) is 5.71 Å². The molecule has 0 aliphatic heterocycles. The van der Waals surface area contributed by atoms with Crippen molar-refractivity contribution in [1.82, 2.24) is 0 Å². The van der Waals surface area contributed by atoms with Gasteiger partial charge in [-0.25, -0.2) is 0 Å². The highest BCUT2D eigenvalue weighted by molar-refractivity contribution is 6.03. The Morgan fingerprint density at radius 3 is 2.93 bits per heavy atom. The first kappa shape index (κ1) is 9.20. The number of hydrogen-bond donors (Lipinski definition) is 0. The SMILES string of the molecule is CC=CN=C1CCCc2ccccc21. The normalized spacial score (nSPS) is 18.8. The van der Waals surface area contributed by atoms with Gasteiger partial charge in [0.15, 0.2) is 0 Å². The second kappa shape index (κ2) is 4.23. The van der Waals surface area contributed by atoms with Gasteiger partial charge < -0.3 is 0 Å². The molecule has 0 atom stereocenters. The number of hydrogen-bond acceptors (Lipinski definition) is 1. The molecule has 1 aromatic rings. The Morgan fingerprint density at radius 2 is 2.07 bits per heavy atom. The van der Waals surface area contributed by atoms with E-state index in [1.54, 1.807) is 0 Å². The first-order valence-corrected chi connectivity index (χ1v) is 5.18. The van der Waals surface area contributed by atoms with Crippen LogP contribution in [0.25, 0.3) is 0 Å². The molecule has 1 aromatic carbocycles. The molecule has 0 saturated heterocycles. The number of fused-ring (bicyclic) bond motifs is 1. The molecule has 1 aliphatic rings. The molecule has 0 spiro atoms. The summed E-state index contributed by atoms with van der Waals surface area (Å²) in [6.07, 6.45) is 7.40. The summed E-state index contributed by atoms with van der Waals surface area (Å²) in [6, 6.07) is 8.59. The Hall–Kier alpha value is -1.37. The van der Waals surface area contributed by atoms with Gasteiger partial charge in [0.05, 0.1) is 0 Å². The van der Waals surface area contributed by atoms with Gasteiger partial charge >= 0.3 is 0 Å². The van der Waals surface area contributed by atoms with Gasteiger partial charge in [0.25, 0.3) is 0 Å². The Kier molecular flexibility index (Phi) is 2.78. The summed E-state index contributed by atoms with van der Waals surface area (Å²) >= 11 is 0. The molecular formula is C13H15N. The van der Waals surface area contributed by atoms with Gasteiger partial charge in [0.2, 0.25) is 0 Å². The zero-order valence-corrected chi connectivity index (χ0v) is 8.53. The molecule has 0 amide bonds. The molecule has 1 nitrogen and oxygen atoms in total. The van der Waals surface area contributed by atoms with Crippen molar-refractivity contribution in [2.75, 3.05) is 0 Å². The van der Waals surface area contributed by atoms with E-state index in [2.05, 4.69) is 29.3 Å². The van der Waals surface area contributed by atoms with Crippen molar-refractivity contribution >= 4 is 5.71 Å². The lowest BCUT2D eigenvalue weighted by molar-refractivity contribution is 0.839. The van der Waals surface area contributed by atoms with Crippen molar-refractivity contribution in [3.63, 3.8) is 0 Å². The third-order valence-electron chi connectivity index (χ3n) is 2.57. The maximum absolute atomic E-state index is 4.48. The van der Waals surface area contributed by atoms with Crippen LogP contribution in [0.1, 0.15) is 30.9 Å². The molecule has 0 N–H and O–H groups in total. The summed E-state index contributed by atoms with van der Waals surface area (Å²) in [5.74, 6) is 0. The Balaban J connectivity index is 2.40. The number of allylic oxidation sites excluding steroid dienone is 1. The molecule has 1 aliphatic carbocycles. The molecule has 2 rings (SSSR count). The third kappa shape index (κ3) is 1.77. The van der Waals surface area contributed by atoms with Crippen LogP contribution in [-0.2, 0) is 6.42 Å². The van der Waals surface area contributed by atoms with Crippen molar-refractivity contribution in [3.8, 4) is 0 Å². The van der Waals surface area contributed by atoms with Gasteiger partial charge in [-0.15, -0.1) is 0 Å². The predicted molar refractivity (Wildman–Crippen MR) is 60.7 cm³/mol. The molecule has 0 saturated carbocycles. The van der Waals surface area contributed by atoms with Crippen LogP contribution in [0.3, 0.4) is 0 Å².